The van der Waals surface area contributed by atoms with Crippen LogP contribution in [0.3, 0.4) is 0 Å². The van der Waals surface area contributed by atoms with Gasteiger partial charge in [0.2, 0.25) is 0 Å². The molecule has 0 aliphatic heterocycles. The summed E-state index contributed by atoms with van der Waals surface area (Å²) >= 11 is 0. The van der Waals surface area contributed by atoms with Gasteiger partial charge >= 0.3 is 24.5 Å². The number of esters is 1. The zero-order valence-electron chi connectivity index (χ0n) is 13.0. The summed E-state index contributed by atoms with van der Waals surface area (Å²) in [6, 6.07) is 0. The van der Waals surface area contributed by atoms with Crippen LogP contribution in [0.15, 0.2) is 12.2 Å². The van der Waals surface area contributed by atoms with E-state index >= 15 is 0 Å². The van der Waals surface area contributed by atoms with Gasteiger partial charge in [0.15, 0.2) is 5.41 Å². The van der Waals surface area contributed by atoms with Crippen molar-refractivity contribution >= 4 is 5.97 Å². The standard InChI is InChI=1S/C14H13F9O3/c1-6(11(25,13(18,19)20)14(21,22)23)26-9(24)10(12(15,16)17)5-7-2-3-8(10)4-7/h2-3,6-8,25H,4-5H2,1H3. The van der Waals surface area contributed by atoms with E-state index in [0.29, 0.717) is 0 Å². The van der Waals surface area contributed by atoms with Crippen molar-refractivity contribution in [2.75, 3.05) is 0 Å². The molecule has 2 rings (SSSR count). The van der Waals surface area contributed by atoms with Gasteiger partial charge in [-0.1, -0.05) is 12.2 Å². The quantitative estimate of drug-likeness (QED) is 0.444. The highest BCUT2D eigenvalue weighted by molar-refractivity contribution is 5.80. The molecule has 12 heteroatoms. The average Bonchev–Trinajstić information content (AvgIpc) is 3.03. The molecule has 3 nitrogen and oxygen atoms in total. The number of carbonyl (C=O) groups excluding carboxylic acids is 1. The third kappa shape index (κ3) is 2.76. The lowest BCUT2D eigenvalue weighted by atomic mass is 9.75. The first kappa shape index (κ1) is 20.8. The van der Waals surface area contributed by atoms with Gasteiger partial charge in [-0.05, 0) is 25.7 Å². The minimum Gasteiger partial charge on any atom is -0.458 e. The zero-order chi connectivity index (χ0) is 20.3. The fourth-order valence-electron chi connectivity index (χ4n) is 3.51. The molecule has 26 heavy (non-hydrogen) atoms. The van der Waals surface area contributed by atoms with Crippen molar-refractivity contribution in [3.05, 3.63) is 12.2 Å². The Morgan fingerprint density at radius 1 is 1.08 bits per heavy atom. The van der Waals surface area contributed by atoms with E-state index in [4.69, 9.17) is 5.11 Å². The van der Waals surface area contributed by atoms with Gasteiger partial charge in [-0.3, -0.25) is 4.79 Å². The Balaban J connectivity index is 2.37. The van der Waals surface area contributed by atoms with E-state index in [2.05, 4.69) is 4.74 Å². The number of hydrogen-bond donors (Lipinski definition) is 1. The highest BCUT2D eigenvalue weighted by atomic mass is 19.4. The number of allylic oxidation sites excluding steroid dienone is 2. The summed E-state index contributed by atoms with van der Waals surface area (Å²) in [5.41, 5.74) is -8.74. The van der Waals surface area contributed by atoms with E-state index in [-0.39, 0.29) is 13.3 Å². The van der Waals surface area contributed by atoms with Crippen molar-refractivity contribution in [3.8, 4) is 0 Å². The molecular weight excluding hydrogens is 387 g/mol. The first-order chi connectivity index (χ1) is 11.5. The van der Waals surface area contributed by atoms with Crippen molar-refractivity contribution in [2.45, 2.75) is 50.0 Å². The lowest BCUT2D eigenvalue weighted by molar-refractivity contribution is -0.390. The summed E-state index contributed by atoms with van der Waals surface area (Å²) in [4.78, 5) is 12.1. The maximum atomic E-state index is 13.5. The lowest BCUT2D eigenvalue weighted by Gasteiger charge is -2.40. The van der Waals surface area contributed by atoms with Crippen LogP contribution in [-0.4, -0.2) is 41.3 Å². The lowest BCUT2D eigenvalue weighted by Crippen LogP contribution is -2.65. The number of fused-ring (bicyclic) bond motifs is 2. The van der Waals surface area contributed by atoms with Crippen molar-refractivity contribution in [2.24, 2.45) is 17.3 Å². The Hall–Kier alpha value is -1.46. The number of rotatable bonds is 3. The molecule has 0 saturated heterocycles. The molecule has 2 aliphatic rings. The smallest absolute Gasteiger partial charge is 0.430 e. The normalized spacial score (nSPS) is 30.6. The van der Waals surface area contributed by atoms with Gasteiger partial charge in [-0.25, -0.2) is 0 Å². The van der Waals surface area contributed by atoms with E-state index in [9.17, 15) is 44.3 Å². The van der Waals surface area contributed by atoms with Gasteiger partial charge in [0.05, 0.1) is 0 Å². The molecule has 1 N–H and O–H groups in total. The molecular formula is C14H13F9O3. The highest BCUT2D eigenvalue weighted by Gasteiger charge is 2.76. The van der Waals surface area contributed by atoms with Crippen LogP contribution in [0.1, 0.15) is 19.8 Å². The Kier molecular flexibility index (Phi) is 4.62. The number of hydrogen-bond acceptors (Lipinski definition) is 3. The van der Waals surface area contributed by atoms with Crippen molar-refractivity contribution in [1.82, 2.24) is 0 Å². The Morgan fingerprint density at radius 3 is 1.88 bits per heavy atom. The first-order valence-corrected chi connectivity index (χ1v) is 7.30. The molecule has 0 aromatic rings. The molecule has 0 spiro atoms. The van der Waals surface area contributed by atoms with E-state index in [1.807, 2.05) is 0 Å². The molecule has 2 aliphatic carbocycles. The van der Waals surface area contributed by atoms with Crippen molar-refractivity contribution in [3.63, 3.8) is 0 Å². The molecule has 0 aromatic heterocycles. The van der Waals surface area contributed by atoms with E-state index < -0.39 is 59.9 Å². The maximum Gasteiger partial charge on any atom is 0.430 e. The molecule has 4 atom stereocenters. The predicted octanol–water partition coefficient (Wildman–Crippen LogP) is 3.92. The first-order valence-electron chi connectivity index (χ1n) is 7.30. The summed E-state index contributed by atoms with van der Waals surface area (Å²) in [5.74, 6) is -4.40. The number of ether oxygens (including phenoxy) is 1. The van der Waals surface area contributed by atoms with Crippen LogP contribution in [0.2, 0.25) is 0 Å². The summed E-state index contributed by atoms with van der Waals surface area (Å²) < 4.78 is 121. The van der Waals surface area contributed by atoms with E-state index in [1.54, 1.807) is 0 Å². The van der Waals surface area contributed by atoms with Gasteiger partial charge < -0.3 is 9.84 Å². The fourth-order valence-corrected chi connectivity index (χ4v) is 3.51. The second kappa shape index (κ2) is 5.77. The minimum atomic E-state index is -6.33. The van der Waals surface area contributed by atoms with Crippen LogP contribution < -0.4 is 0 Å². The number of carbonyl (C=O) groups is 1. The van der Waals surface area contributed by atoms with Crippen LogP contribution in [0.4, 0.5) is 39.5 Å². The molecule has 0 radical (unpaired) electrons. The number of aliphatic hydroxyl groups is 1. The maximum absolute atomic E-state index is 13.5. The monoisotopic (exact) mass is 400 g/mol. The predicted molar refractivity (Wildman–Crippen MR) is 66.5 cm³/mol. The Labute approximate surface area is 140 Å². The molecule has 0 amide bonds. The second-order valence-corrected chi connectivity index (χ2v) is 6.47. The summed E-state index contributed by atoms with van der Waals surface area (Å²) in [7, 11) is 0. The molecule has 0 aromatic carbocycles. The number of alkyl halides is 9. The third-order valence-corrected chi connectivity index (χ3v) is 5.00. The van der Waals surface area contributed by atoms with Crippen molar-refractivity contribution in [1.29, 1.82) is 0 Å². The van der Waals surface area contributed by atoms with Gasteiger partial charge in [0, 0.05) is 5.92 Å². The Bertz CT molecular complexity index is 590. The summed E-state index contributed by atoms with van der Waals surface area (Å²) in [6.45, 7) is 0.0476. The highest BCUT2D eigenvalue weighted by Crippen LogP contribution is 2.60. The molecule has 1 fully saturated rings. The third-order valence-electron chi connectivity index (χ3n) is 5.00. The minimum absolute atomic E-state index is 0.0476. The van der Waals surface area contributed by atoms with E-state index in [0.717, 1.165) is 6.08 Å². The van der Waals surface area contributed by atoms with Crippen LogP contribution >= 0.6 is 0 Å². The summed E-state index contributed by atoms with van der Waals surface area (Å²) in [6.07, 6.45) is -19.7. The molecule has 1 saturated carbocycles. The van der Waals surface area contributed by atoms with Crippen LogP contribution in [-0.2, 0) is 9.53 Å². The van der Waals surface area contributed by atoms with Crippen LogP contribution in [0.5, 0.6) is 0 Å². The van der Waals surface area contributed by atoms with Crippen LogP contribution in [0.25, 0.3) is 0 Å². The van der Waals surface area contributed by atoms with Crippen molar-refractivity contribution < 1.29 is 54.2 Å². The topological polar surface area (TPSA) is 46.5 Å². The molecule has 150 valence electrons. The molecule has 2 bridgehead atoms. The average molecular weight is 400 g/mol. The largest absolute Gasteiger partial charge is 0.458 e. The second-order valence-electron chi connectivity index (χ2n) is 6.47. The molecule has 0 heterocycles. The van der Waals surface area contributed by atoms with E-state index in [1.165, 1.54) is 6.08 Å². The zero-order valence-corrected chi connectivity index (χ0v) is 13.0. The summed E-state index contributed by atoms with van der Waals surface area (Å²) in [5, 5.41) is 9.14. The van der Waals surface area contributed by atoms with Crippen LogP contribution in [0, 0.1) is 17.3 Å². The van der Waals surface area contributed by atoms with Gasteiger partial charge in [-0.2, -0.15) is 39.5 Å². The van der Waals surface area contributed by atoms with Gasteiger partial charge in [0.1, 0.15) is 6.10 Å². The fraction of sp³-hybridized carbons (Fsp3) is 0.786. The SMILES string of the molecule is CC(OC(=O)C1(C(F)(F)F)CC2C=CC1C2)C(O)(C(F)(F)F)C(F)(F)F. The number of halogens is 9. The van der Waals surface area contributed by atoms with Gasteiger partial charge in [-0.15, -0.1) is 0 Å². The van der Waals surface area contributed by atoms with Gasteiger partial charge in [0.25, 0.3) is 5.60 Å². The molecule has 4 unspecified atom stereocenters. The Morgan fingerprint density at radius 2 is 1.58 bits per heavy atom.